The highest BCUT2D eigenvalue weighted by Crippen LogP contribution is 2.55. The molecule has 0 saturated carbocycles. The van der Waals surface area contributed by atoms with Crippen LogP contribution in [-0.2, 0) is 22.0 Å². The van der Waals surface area contributed by atoms with Crippen molar-refractivity contribution < 1.29 is 4.79 Å². The van der Waals surface area contributed by atoms with E-state index in [4.69, 9.17) is 4.98 Å². The SMILES string of the molecule is CCC1(c2cccc(C(C)(C)C)c2)C2=C(Cc3ncsc31)CC(C)(C)CC2=O. The van der Waals surface area contributed by atoms with Gasteiger partial charge < -0.3 is 0 Å². The fourth-order valence-corrected chi connectivity index (χ4v) is 6.38. The Bertz CT molecular complexity index is 972. The molecule has 1 aromatic carbocycles. The van der Waals surface area contributed by atoms with Gasteiger partial charge in [0.25, 0.3) is 0 Å². The molecule has 0 aliphatic heterocycles. The van der Waals surface area contributed by atoms with E-state index in [0.717, 1.165) is 24.8 Å². The zero-order valence-corrected chi connectivity index (χ0v) is 18.8. The largest absolute Gasteiger partial charge is 0.294 e. The summed E-state index contributed by atoms with van der Waals surface area (Å²) in [6.45, 7) is 13.4. The molecule has 2 aliphatic rings. The standard InChI is InChI=1S/C25H31NOS/c1-7-25(18-10-8-9-17(12-18)23(2,3)4)21-16(11-19-22(25)28-15-26-19)13-24(5,6)14-20(21)27/h8-10,12,15H,7,11,13-14H2,1-6H3. The third-order valence-electron chi connectivity index (χ3n) is 6.55. The number of aromatic nitrogens is 1. The Morgan fingerprint density at radius 1 is 1.18 bits per heavy atom. The van der Waals surface area contributed by atoms with Gasteiger partial charge in [0, 0.05) is 23.3 Å². The number of Topliss-reactive ketones (excluding diaryl/α,β-unsaturated/α-hetero) is 1. The molecular weight excluding hydrogens is 362 g/mol. The fourth-order valence-electron chi connectivity index (χ4n) is 5.27. The van der Waals surface area contributed by atoms with E-state index in [0.29, 0.717) is 12.2 Å². The van der Waals surface area contributed by atoms with Crippen molar-refractivity contribution in [3.8, 4) is 0 Å². The molecule has 0 saturated heterocycles. The topological polar surface area (TPSA) is 30.0 Å². The van der Waals surface area contributed by atoms with Crippen LogP contribution < -0.4 is 0 Å². The van der Waals surface area contributed by atoms with Gasteiger partial charge >= 0.3 is 0 Å². The van der Waals surface area contributed by atoms with Gasteiger partial charge in [0.15, 0.2) is 5.78 Å². The van der Waals surface area contributed by atoms with Crippen LogP contribution in [0.5, 0.6) is 0 Å². The third-order valence-corrected chi connectivity index (χ3v) is 7.58. The summed E-state index contributed by atoms with van der Waals surface area (Å²) in [6.07, 6.45) is 3.36. The average Bonchev–Trinajstić information content (AvgIpc) is 3.06. The summed E-state index contributed by atoms with van der Waals surface area (Å²) in [7, 11) is 0. The number of allylic oxidation sites excluding steroid dienone is 2. The molecule has 0 radical (unpaired) electrons. The van der Waals surface area contributed by atoms with Crippen molar-refractivity contribution in [3.63, 3.8) is 0 Å². The Morgan fingerprint density at radius 3 is 2.61 bits per heavy atom. The zero-order valence-electron chi connectivity index (χ0n) is 18.0. The molecule has 0 N–H and O–H groups in total. The fraction of sp³-hybridized carbons (Fsp3) is 0.520. The molecule has 1 heterocycles. The quantitative estimate of drug-likeness (QED) is 0.592. The highest BCUT2D eigenvalue weighted by molar-refractivity contribution is 7.10. The lowest BCUT2D eigenvalue weighted by molar-refractivity contribution is -0.118. The van der Waals surface area contributed by atoms with Crippen LogP contribution in [0.15, 0.2) is 40.9 Å². The predicted octanol–water partition coefficient (Wildman–Crippen LogP) is 6.38. The minimum atomic E-state index is -0.348. The number of carbonyl (C=O) groups is 1. The van der Waals surface area contributed by atoms with Gasteiger partial charge in [-0.05, 0) is 34.8 Å². The van der Waals surface area contributed by atoms with Crippen LogP contribution in [0.1, 0.15) is 82.5 Å². The number of thiazole rings is 1. The molecule has 28 heavy (non-hydrogen) atoms. The van der Waals surface area contributed by atoms with Crippen molar-refractivity contribution in [1.29, 1.82) is 0 Å². The molecule has 4 rings (SSSR count). The second kappa shape index (κ2) is 6.38. The first kappa shape index (κ1) is 19.6. The molecule has 0 amide bonds. The Morgan fingerprint density at radius 2 is 1.93 bits per heavy atom. The highest BCUT2D eigenvalue weighted by atomic mass is 32.1. The second-order valence-corrected chi connectivity index (χ2v) is 11.2. The van der Waals surface area contributed by atoms with E-state index in [9.17, 15) is 4.79 Å². The first-order valence-corrected chi connectivity index (χ1v) is 11.3. The molecular formula is C25H31NOS. The number of hydrogen-bond acceptors (Lipinski definition) is 3. The third kappa shape index (κ3) is 2.90. The summed E-state index contributed by atoms with van der Waals surface area (Å²) in [5.74, 6) is 0.341. The van der Waals surface area contributed by atoms with Crippen LogP contribution in [0.4, 0.5) is 0 Å². The molecule has 2 aromatic rings. The molecule has 1 atom stereocenters. The number of benzene rings is 1. The van der Waals surface area contributed by atoms with Crippen LogP contribution in [0.25, 0.3) is 0 Å². The zero-order chi connectivity index (χ0) is 20.3. The van der Waals surface area contributed by atoms with E-state index < -0.39 is 0 Å². The lowest BCUT2D eigenvalue weighted by atomic mass is 9.58. The molecule has 3 heteroatoms. The predicted molar refractivity (Wildman–Crippen MR) is 117 cm³/mol. The molecule has 1 aromatic heterocycles. The smallest absolute Gasteiger partial charge is 0.160 e. The molecule has 148 valence electrons. The van der Waals surface area contributed by atoms with Crippen molar-refractivity contribution in [2.75, 3.05) is 0 Å². The summed E-state index contributed by atoms with van der Waals surface area (Å²) in [6, 6.07) is 8.95. The Labute approximate surface area is 173 Å². The van der Waals surface area contributed by atoms with Crippen LogP contribution in [0, 0.1) is 5.41 Å². The summed E-state index contributed by atoms with van der Waals surface area (Å²) >= 11 is 1.73. The molecule has 2 nitrogen and oxygen atoms in total. The maximum Gasteiger partial charge on any atom is 0.160 e. The van der Waals surface area contributed by atoms with Crippen LogP contribution >= 0.6 is 11.3 Å². The van der Waals surface area contributed by atoms with Crippen molar-refractivity contribution in [1.82, 2.24) is 4.98 Å². The van der Waals surface area contributed by atoms with Crippen molar-refractivity contribution in [2.45, 2.75) is 78.1 Å². The Hall–Kier alpha value is -1.74. The minimum absolute atomic E-state index is 0.0379. The molecule has 1 unspecified atom stereocenters. The van der Waals surface area contributed by atoms with Gasteiger partial charge in [-0.3, -0.25) is 4.79 Å². The lowest BCUT2D eigenvalue weighted by Gasteiger charge is -2.45. The van der Waals surface area contributed by atoms with Crippen LogP contribution in [-0.4, -0.2) is 10.8 Å². The molecule has 0 fully saturated rings. The number of carbonyl (C=O) groups excluding carboxylic acids is 1. The minimum Gasteiger partial charge on any atom is -0.294 e. The van der Waals surface area contributed by atoms with Gasteiger partial charge in [-0.25, -0.2) is 4.98 Å². The summed E-state index contributed by atoms with van der Waals surface area (Å²) in [5.41, 5.74) is 7.89. The highest BCUT2D eigenvalue weighted by Gasteiger charge is 2.50. The number of ketones is 1. The maximum atomic E-state index is 13.5. The number of rotatable bonds is 2. The normalized spacial score (nSPS) is 24.1. The van der Waals surface area contributed by atoms with Gasteiger partial charge in [-0.1, -0.05) is 71.4 Å². The van der Waals surface area contributed by atoms with Crippen LogP contribution in [0.3, 0.4) is 0 Å². The van der Waals surface area contributed by atoms with Crippen molar-refractivity contribution in [2.24, 2.45) is 5.41 Å². The van der Waals surface area contributed by atoms with Gasteiger partial charge in [-0.15, -0.1) is 11.3 Å². The van der Waals surface area contributed by atoms with E-state index in [2.05, 4.69) is 65.8 Å². The summed E-state index contributed by atoms with van der Waals surface area (Å²) < 4.78 is 0. The average molecular weight is 394 g/mol. The molecule has 0 bridgehead atoms. The number of fused-ring (bicyclic) bond motifs is 1. The lowest BCUT2D eigenvalue weighted by Crippen LogP contribution is -2.42. The Kier molecular flexibility index (Phi) is 4.46. The van der Waals surface area contributed by atoms with Gasteiger partial charge in [0.1, 0.15) is 0 Å². The van der Waals surface area contributed by atoms with Gasteiger partial charge in [-0.2, -0.15) is 0 Å². The molecule has 0 spiro atoms. The monoisotopic (exact) mass is 393 g/mol. The van der Waals surface area contributed by atoms with Gasteiger partial charge in [0.05, 0.1) is 16.6 Å². The van der Waals surface area contributed by atoms with E-state index in [1.165, 1.54) is 27.3 Å². The van der Waals surface area contributed by atoms with E-state index in [1.54, 1.807) is 11.3 Å². The van der Waals surface area contributed by atoms with Gasteiger partial charge in [0.2, 0.25) is 0 Å². The number of hydrogen-bond donors (Lipinski definition) is 0. The van der Waals surface area contributed by atoms with Crippen molar-refractivity contribution in [3.05, 3.63) is 62.6 Å². The maximum absolute atomic E-state index is 13.5. The molecule has 2 aliphatic carbocycles. The first-order valence-electron chi connectivity index (χ1n) is 10.4. The summed E-state index contributed by atoms with van der Waals surface area (Å²) in [4.78, 5) is 19.6. The van der Waals surface area contributed by atoms with E-state index >= 15 is 0 Å². The summed E-state index contributed by atoms with van der Waals surface area (Å²) in [5, 5.41) is 0. The van der Waals surface area contributed by atoms with Crippen molar-refractivity contribution >= 4 is 17.1 Å². The Balaban J connectivity index is 2.01. The number of nitrogens with zero attached hydrogens (tertiary/aromatic N) is 1. The van der Waals surface area contributed by atoms with Crippen LogP contribution in [0.2, 0.25) is 0 Å². The van der Waals surface area contributed by atoms with E-state index in [-0.39, 0.29) is 16.2 Å². The first-order chi connectivity index (χ1) is 13.1. The van der Waals surface area contributed by atoms with E-state index in [1.807, 2.05) is 5.51 Å². The second-order valence-electron chi connectivity index (χ2n) is 10.3.